The monoisotopic (exact) mass is 362 g/mol. The molecule has 0 bridgehead atoms. The number of hydrogen-bond donors (Lipinski definition) is 0. The molecule has 9 heteroatoms. The van der Waals surface area contributed by atoms with Crippen molar-refractivity contribution in [2.75, 3.05) is 24.6 Å². The predicted molar refractivity (Wildman–Crippen MR) is 90.7 cm³/mol. The molecule has 0 N–H and O–H groups in total. The number of nitrogens with zero attached hydrogens (tertiary/aromatic N) is 6. The third-order valence-electron chi connectivity index (χ3n) is 5.03. The van der Waals surface area contributed by atoms with Crippen LogP contribution in [0.3, 0.4) is 0 Å². The van der Waals surface area contributed by atoms with Gasteiger partial charge in [-0.25, -0.2) is 23.4 Å². The van der Waals surface area contributed by atoms with Crippen LogP contribution < -0.4 is 4.90 Å². The fourth-order valence-corrected chi connectivity index (χ4v) is 3.38. The topological polar surface area (TPSA) is 69.0 Å². The molecular weight excluding hydrogens is 342 g/mol. The number of alkyl halides is 2. The summed E-state index contributed by atoms with van der Waals surface area (Å²) in [5, 5.41) is 8.10. The molecule has 2 atom stereocenters. The molecular formula is C17H20F2N6O. The van der Waals surface area contributed by atoms with Gasteiger partial charge in [0.15, 0.2) is 0 Å². The minimum absolute atomic E-state index is 0.322. The molecule has 0 radical (unpaired) electrons. The molecule has 4 rings (SSSR count). The number of aryl methyl sites for hydroxylation is 1. The lowest BCUT2D eigenvalue weighted by atomic mass is 10.2. The van der Waals surface area contributed by atoms with E-state index in [2.05, 4.69) is 26.9 Å². The molecule has 2 fully saturated rings. The number of hydrogen-bond acceptors (Lipinski definition) is 6. The summed E-state index contributed by atoms with van der Waals surface area (Å²) >= 11 is 0. The number of rotatable bonds is 6. The van der Waals surface area contributed by atoms with E-state index in [0.717, 1.165) is 11.3 Å². The number of ether oxygens (including phenoxy) is 1. The minimum Gasteiger partial charge on any atom is -0.492 e. The molecule has 1 aliphatic heterocycles. The van der Waals surface area contributed by atoms with Gasteiger partial charge in [-0.1, -0.05) is 11.8 Å². The molecule has 2 unspecified atom stereocenters. The zero-order valence-electron chi connectivity index (χ0n) is 14.7. The summed E-state index contributed by atoms with van der Waals surface area (Å²) in [6.45, 7) is 9.18. The summed E-state index contributed by atoms with van der Waals surface area (Å²) < 4.78 is 33.6. The number of piperidine rings is 1. The van der Waals surface area contributed by atoms with Gasteiger partial charge in [0.1, 0.15) is 11.5 Å². The molecule has 1 saturated carbocycles. The van der Waals surface area contributed by atoms with Gasteiger partial charge in [-0.3, -0.25) is 0 Å². The van der Waals surface area contributed by atoms with Crippen LogP contribution in [-0.4, -0.2) is 50.6 Å². The molecule has 2 aromatic rings. The first-order valence-corrected chi connectivity index (χ1v) is 8.57. The number of aromatic nitrogens is 5. The average molecular weight is 362 g/mol. The van der Waals surface area contributed by atoms with Crippen LogP contribution in [-0.2, 0) is 11.3 Å². The van der Waals surface area contributed by atoms with Gasteiger partial charge in [-0.2, -0.15) is 0 Å². The Kier molecular flexibility index (Phi) is 3.89. The summed E-state index contributed by atoms with van der Waals surface area (Å²) in [6, 6.07) is 0. The van der Waals surface area contributed by atoms with E-state index in [1.807, 2.05) is 18.7 Å². The first-order chi connectivity index (χ1) is 12.4. The number of fused-ring (bicyclic) bond motifs is 1. The lowest BCUT2D eigenvalue weighted by molar-refractivity contribution is 0.0796. The zero-order chi connectivity index (χ0) is 18.5. The first-order valence-electron chi connectivity index (χ1n) is 8.57. The Morgan fingerprint density at radius 3 is 2.77 bits per heavy atom. The smallest absolute Gasteiger partial charge is 0.258 e. The van der Waals surface area contributed by atoms with Crippen molar-refractivity contribution in [3.8, 4) is 0 Å². The van der Waals surface area contributed by atoms with Crippen molar-refractivity contribution < 1.29 is 13.5 Å². The minimum atomic E-state index is -2.50. The van der Waals surface area contributed by atoms with Gasteiger partial charge in [0, 0.05) is 30.5 Å². The molecule has 0 aromatic carbocycles. The lowest BCUT2D eigenvalue weighted by Crippen LogP contribution is -2.29. The third-order valence-corrected chi connectivity index (χ3v) is 5.03. The van der Waals surface area contributed by atoms with E-state index in [0.29, 0.717) is 43.6 Å². The fraction of sp³-hybridized carbons (Fsp3) is 0.529. The van der Waals surface area contributed by atoms with E-state index >= 15 is 0 Å². The average Bonchev–Trinajstić information content (AvgIpc) is 3.05. The molecule has 138 valence electrons. The highest BCUT2D eigenvalue weighted by Crippen LogP contribution is 2.59. The third kappa shape index (κ3) is 2.81. The van der Waals surface area contributed by atoms with E-state index in [1.165, 1.54) is 0 Å². The van der Waals surface area contributed by atoms with Gasteiger partial charge < -0.3 is 9.64 Å². The standard InChI is InChI=1S/C17H20F2N6O/c1-4-26-11(3)15-9-25(23-22-15)6-12-5-20-16(21-10(12)2)24-7-13-14(8-24)17(13,18)19/h5,9,13-14H,3-4,6-8H2,1-2H3. The molecule has 2 aromatic heterocycles. The second-order valence-corrected chi connectivity index (χ2v) is 6.73. The van der Waals surface area contributed by atoms with Crippen molar-refractivity contribution in [1.29, 1.82) is 0 Å². The van der Waals surface area contributed by atoms with Crippen molar-refractivity contribution in [2.45, 2.75) is 26.3 Å². The Morgan fingerprint density at radius 2 is 2.12 bits per heavy atom. The Balaban J connectivity index is 1.43. The second-order valence-electron chi connectivity index (χ2n) is 6.73. The molecule has 1 saturated heterocycles. The highest BCUT2D eigenvalue weighted by Gasteiger charge is 2.71. The van der Waals surface area contributed by atoms with Crippen LogP contribution in [0.1, 0.15) is 23.9 Å². The van der Waals surface area contributed by atoms with Crippen LogP contribution in [0.2, 0.25) is 0 Å². The van der Waals surface area contributed by atoms with E-state index < -0.39 is 17.8 Å². The fourth-order valence-electron chi connectivity index (χ4n) is 3.38. The summed E-state index contributed by atoms with van der Waals surface area (Å²) in [5.74, 6) is -2.59. The van der Waals surface area contributed by atoms with Crippen LogP contribution in [0.15, 0.2) is 19.0 Å². The SMILES string of the molecule is C=C(OCC)c1cn(Cc2cnc(N3CC4C(C3)C4(F)F)nc2C)nn1. The van der Waals surface area contributed by atoms with E-state index in [1.54, 1.807) is 17.1 Å². The van der Waals surface area contributed by atoms with Gasteiger partial charge in [0.2, 0.25) is 5.95 Å². The molecule has 1 aliphatic carbocycles. The highest BCUT2D eigenvalue weighted by molar-refractivity contribution is 5.51. The van der Waals surface area contributed by atoms with Crippen molar-refractivity contribution in [1.82, 2.24) is 25.0 Å². The van der Waals surface area contributed by atoms with Gasteiger partial charge in [0.25, 0.3) is 5.92 Å². The number of anilines is 1. The Hall–Kier alpha value is -2.58. The maximum atomic E-state index is 13.3. The van der Waals surface area contributed by atoms with Gasteiger partial charge in [-0.05, 0) is 13.8 Å². The van der Waals surface area contributed by atoms with Crippen molar-refractivity contribution in [2.24, 2.45) is 11.8 Å². The van der Waals surface area contributed by atoms with Gasteiger partial charge in [-0.15, -0.1) is 5.10 Å². The zero-order valence-corrected chi connectivity index (χ0v) is 14.7. The van der Waals surface area contributed by atoms with Crippen molar-refractivity contribution >= 4 is 11.7 Å². The normalized spacial score (nSPS) is 23.0. The molecule has 0 amide bonds. The quantitative estimate of drug-likeness (QED) is 0.734. The first kappa shape index (κ1) is 16.9. The van der Waals surface area contributed by atoms with Crippen LogP contribution in [0.4, 0.5) is 14.7 Å². The van der Waals surface area contributed by atoms with E-state index in [-0.39, 0.29) is 0 Å². The molecule has 3 heterocycles. The molecule has 7 nitrogen and oxygen atoms in total. The largest absolute Gasteiger partial charge is 0.492 e. The molecule has 2 aliphatic rings. The van der Waals surface area contributed by atoms with Crippen LogP contribution in [0, 0.1) is 18.8 Å². The summed E-state index contributed by atoms with van der Waals surface area (Å²) in [7, 11) is 0. The van der Waals surface area contributed by atoms with E-state index in [4.69, 9.17) is 4.74 Å². The maximum Gasteiger partial charge on any atom is 0.258 e. The summed E-state index contributed by atoms with van der Waals surface area (Å²) in [5.41, 5.74) is 2.27. The lowest BCUT2D eigenvalue weighted by Gasteiger charge is -2.20. The summed E-state index contributed by atoms with van der Waals surface area (Å²) in [6.07, 6.45) is 3.47. The van der Waals surface area contributed by atoms with E-state index in [9.17, 15) is 8.78 Å². The van der Waals surface area contributed by atoms with Gasteiger partial charge >= 0.3 is 0 Å². The molecule has 26 heavy (non-hydrogen) atoms. The Labute approximate surface area is 149 Å². The van der Waals surface area contributed by atoms with Gasteiger partial charge in [0.05, 0.1) is 31.2 Å². The van der Waals surface area contributed by atoms with Crippen molar-refractivity contribution in [3.63, 3.8) is 0 Å². The summed E-state index contributed by atoms with van der Waals surface area (Å²) in [4.78, 5) is 10.7. The second kappa shape index (κ2) is 6.00. The van der Waals surface area contributed by atoms with Crippen LogP contribution in [0.25, 0.3) is 5.76 Å². The maximum absolute atomic E-state index is 13.3. The Morgan fingerprint density at radius 1 is 1.38 bits per heavy atom. The number of halogens is 2. The highest BCUT2D eigenvalue weighted by atomic mass is 19.3. The molecule has 0 spiro atoms. The predicted octanol–water partition coefficient (Wildman–Crippen LogP) is 2.13. The van der Waals surface area contributed by atoms with Crippen LogP contribution >= 0.6 is 0 Å². The van der Waals surface area contributed by atoms with Crippen molar-refractivity contribution in [3.05, 3.63) is 35.9 Å². The Bertz CT molecular complexity index is 838. The van der Waals surface area contributed by atoms with Crippen LogP contribution in [0.5, 0.6) is 0 Å².